The quantitative estimate of drug-likeness (QED) is 0.428. The van der Waals surface area contributed by atoms with Crippen molar-refractivity contribution in [1.29, 1.82) is 0 Å². The van der Waals surface area contributed by atoms with Crippen LogP contribution in [-0.2, 0) is 9.53 Å². The zero-order chi connectivity index (χ0) is 13.2. The van der Waals surface area contributed by atoms with E-state index < -0.39 is 0 Å². The molecule has 1 aliphatic rings. The molecule has 0 radical (unpaired) electrons. The summed E-state index contributed by atoms with van der Waals surface area (Å²) in [5.74, 6) is -0.318. The number of nitrogens with one attached hydrogen (secondary N) is 1. The maximum atomic E-state index is 10.8. The van der Waals surface area contributed by atoms with Crippen molar-refractivity contribution >= 4 is 5.97 Å². The van der Waals surface area contributed by atoms with E-state index in [-0.39, 0.29) is 5.97 Å². The van der Waals surface area contributed by atoms with Gasteiger partial charge in [-0.25, -0.2) is 4.79 Å². The minimum atomic E-state index is -0.318. The molecule has 0 amide bonds. The fourth-order valence-electron chi connectivity index (χ4n) is 2.41. The summed E-state index contributed by atoms with van der Waals surface area (Å²) in [5.41, 5.74) is 0. The van der Waals surface area contributed by atoms with Gasteiger partial charge in [0.2, 0.25) is 0 Å². The molecule has 1 fully saturated rings. The van der Waals surface area contributed by atoms with Crippen molar-refractivity contribution in [1.82, 2.24) is 10.2 Å². The topological polar surface area (TPSA) is 41.6 Å². The first-order valence-corrected chi connectivity index (χ1v) is 6.92. The summed E-state index contributed by atoms with van der Waals surface area (Å²) in [7, 11) is 3.60. The first kappa shape index (κ1) is 15.0. The molecule has 104 valence electrons. The summed E-state index contributed by atoms with van der Waals surface area (Å²) in [6, 6.07) is 0.782. The van der Waals surface area contributed by atoms with Crippen LogP contribution in [0.4, 0.5) is 0 Å². The zero-order valence-corrected chi connectivity index (χ0v) is 11.7. The molecule has 1 saturated carbocycles. The van der Waals surface area contributed by atoms with Gasteiger partial charge >= 0.3 is 5.97 Å². The van der Waals surface area contributed by atoms with Crippen LogP contribution in [0.1, 0.15) is 38.5 Å². The molecular formula is C14H26N2O2. The van der Waals surface area contributed by atoms with Crippen LogP contribution in [0.3, 0.4) is 0 Å². The van der Waals surface area contributed by atoms with Crippen LogP contribution in [0.15, 0.2) is 12.3 Å². The van der Waals surface area contributed by atoms with Crippen molar-refractivity contribution < 1.29 is 9.53 Å². The van der Waals surface area contributed by atoms with Gasteiger partial charge in [0, 0.05) is 24.9 Å². The SMILES string of the molecule is COC(=O)/C=C/NCCCN(C)C1CCCCC1. The molecule has 0 atom stereocenters. The van der Waals surface area contributed by atoms with Crippen molar-refractivity contribution in [3.63, 3.8) is 0 Å². The Hall–Kier alpha value is -1.03. The van der Waals surface area contributed by atoms with E-state index in [0.717, 1.165) is 25.6 Å². The summed E-state index contributed by atoms with van der Waals surface area (Å²) in [4.78, 5) is 13.3. The smallest absolute Gasteiger partial charge is 0.331 e. The Balaban J connectivity index is 2.03. The Morgan fingerprint density at radius 3 is 2.78 bits per heavy atom. The van der Waals surface area contributed by atoms with Crippen LogP contribution in [-0.4, -0.2) is 44.2 Å². The lowest BCUT2D eigenvalue weighted by Crippen LogP contribution is -2.34. The van der Waals surface area contributed by atoms with Crippen LogP contribution in [0, 0.1) is 0 Å². The molecular weight excluding hydrogens is 228 g/mol. The normalized spacial score (nSPS) is 17.3. The summed E-state index contributed by atoms with van der Waals surface area (Å²) in [5, 5.41) is 3.10. The minimum Gasteiger partial charge on any atom is -0.466 e. The molecule has 1 rings (SSSR count). The molecule has 0 spiro atoms. The third kappa shape index (κ3) is 6.05. The number of carbonyl (C=O) groups is 1. The summed E-state index contributed by atoms with van der Waals surface area (Å²) in [6.07, 6.45) is 11.0. The molecule has 0 heterocycles. The maximum absolute atomic E-state index is 10.8. The number of hydrogen-bond donors (Lipinski definition) is 1. The molecule has 0 aromatic heterocycles. The van der Waals surface area contributed by atoms with E-state index in [1.165, 1.54) is 45.3 Å². The third-order valence-corrected chi connectivity index (χ3v) is 3.57. The van der Waals surface area contributed by atoms with E-state index in [9.17, 15) is 4.79 Å². The molecule has 0 bridgehead atoms. The van der Waals surface area contributed by atoms with E-state index in [1.807, 2.05) is 0 Å². The van der Waals surface area contributed by atoms with E-state index in [4.69, 9.17) is 0 Å². The number of methoxy groups -OCH3 is 1. The zero-order valence-electron chi connectivity index (χ0n) is 11.7. The maximum Gasteiger partial charge on any atom is 0.331 e. The summed E-state index contributed by atoms with van der Waals surface area (Å²) >= 11 is 0. The predicted octanol–water partition coefficient (Wildman–Crippen LogP) is 1.92. The van der Waals surface area contributed by atoms with E-state index in [1.54, 1.807) is 6.20 Å². The van der Waals surface area contributed by atoms with Crippen molar-refractivity contribution in [3.05, 3.63) is 12.3 Å². The highest BCUT2D eigenvalue weighted by Gasteiger charge is 2.16. The fraction of sp³-hybridized carbons (Fsp3) is 0.786. The standard InChI is InChI=1S/C14H26N2O2/c1-16(13-7-4-3-5-8-13)12-6-10-15-11-9-14(17)18-2/h9,11,13,15H,3-8,10,12H2,1-2H3/b11-9+. The number of carbonyl (C=O) groups excluding carboxylic acids is 1. The van der Waals surface area contributed by atoms with E-state index in [2.05, 4.69) is 22.0 Å². The Labute approximate surface area is 110 Å². The van der Waals surface area contributed by atoms with Crippen molar-refractivity contribution in [2.24, 2.45) is 0 Å². The van der Waals surface area contributed by atoms with Crippen LogP contribution >= 0.6 is 0 Å². The van der Waals surface area contributed by atoms with Crippen molar-refractivity contribution in [2.45, 2.75) is 44.6 Å². The average molecular weight is 254 g/mol. The van der Waals surface area contributed by atoms with Crippen LogP contribution in [0.25, 0.3) is 0 Å². The van der Waals surface area contributed by atoms with Crippen molar-refractivity contribution in [2.75, 3.05) is 27.2 Å². The molecule has 4 heteroatoms. The number of nitrogens with zero attached hydrogens (tertiary/aromatic N) is 1. The van der Waals surface area contributed by atoms with Gasteiger partial charge in [0.05, 0.1) is 7.11 Å². The van der Waals surface area contributed by atoms with Gasteiger partial charge in [-0.3, -0.25) is 0 Å². The largest absolute Gasteiger partial charge is 0.466 e. The van der Waals surface area contributed by atoms with Crippen molar-refractivity contribution in [3.8, 4) is 0 Å². The predicted molar refractivity (Wildman–Crippen MR) is 73.3 cm³/mol. The van der Waals surface area contributed by atoms with E-state index >= 15 is 0 Å². The summed E-state index contributed by atoms with van der Waals surface area (Å²) < 4.78 is 4.50. The van der Waals surface area contributed by atoms with Gasteiger partial charge in [-0.05, 0) is 32.9 Å². The fourth-order valence-corrected chi connectivity index (χ4v) is 2.41. The van der Waals surface area contributed by atoms with Crippen LogP contribution < -0.4 is 5.32 Å². The molecule has 18 heavy (non-hydrogen) atoms. The number of ether oxygens (including phenoxy) is 1. The minimum absolute atomic E-state index is 0.318. The number of esters is 1. The highest BCUT2D eigenvalue weighted by atomic mass is 16.5. The van der Waals surface area contributed by atoms with Gasteiger partial charge in [0.15, 0.2) is 0 Å². The molecule has 0 aromatic rings. The second kappa shape index (κ2) is 8.97. The van der Waals surface area contributed by atoms with Crippen LogP contribution in [0.2, 0.25) is 0 Å². The Kier molecular flexibility index (Phi) is 7.49. The molecule has 0 unspecified atom stereocenters. The second-order valence-electron chi connectivity index (χ2n) is 4.94. The van der Waals surface area contributed by atoms with Gasteiger partial charge in [-0.1, -0.05) is 19.3 Å². The molecule has 1 aliphatic carbocycles. The average Bonchev–Trinajstić information content (AvgIpc) is 2.43. The molecule has 0 saturated heterocycles. The number of rotatable bonds is 7. The van der Waals surface area contributed by atoms with Crippen LogP contribution in [0.5, 0.6) is 0 Å². The first-order chi connectivity index (χ1) is 8.74. The summed E-state index contributed by atoms with van der Waals surface area (Å²) in [6.45, 7) is 2.01. The lowest BCUT2D eigenvalue weighted by Gasteiger charge is -2.31. The molecule has 0 aliphatic heterocycles. The highest BCUT2D eigenvalue weighted by molar-refractivity contribution is 5.81. The lowest BCUT2D eigenvalue weighted by atomic mass is 9.94. The first-order valence-electron chi connectivity index (χ1n) is 6.92. The molecule has 0 aromatic carbocycles. The van der Waals surface area contributed by atoms with Gasteiger partial charge in [0.25, 0.3) is 0 Å². The number of hydrogen-bond acceptors (Lipinski definition) is 4. The van der Waals surface area contributed by atoms with E-state index in [0.29, 0.717) is 0 Å². The lowest BCUT2D eigenvalue weighted by molar-refractivity contribution is -0.134. The third-order valence-electron chi connectivity index (χ3n) is 3.57. The molecule has 4 nitrogen and oxygen atoms in total. The van der Waals surface area contributed by atoms with Gasteiger partial charge in [-0.15, -0.1) is 0 Å². The second-order valence-corrected chi connectivity index (χ2v) is 4.94. The van der Waals surface area contributed by atoms with Gasteiger partial charge in [0.1, 0.15) is 0 Å². The Morgan fingerprint density at radius 2 is 2.11 bits per heavy atom. The monoisotopic (exact) mass is 254 g/mol. The van der Waals surface area contributed by atoms with Gasteiger partial charge < -0.3 is 15.0 Å². The Bertz CT molecular complexity index is 261. The van der Waals surface area contributed by atoms with Gasteiger partial charge in [-0.2, -0.15) is 0 Å². The highest BCUT2D eigenvalue weighted by Crippen LogP contribution is 2.21. The molecule has 1 N–H and O–H groups in total. The Morgan fingerprint density at radius 1 is 1.39 bits per heavy atom.